The molecule has 0 unspecified atom stereocenters. The van der Waals surface area contributed by atoms with Crippen LogP contribution in [0.5, 0.6) is 0 Å². The summed E-state index contributed by atoms with van der Waals surface area (Å²) in [5.41, 5.74) is 0.602. The molecule has 0 aliphatic carbocycles. The van der Waals surface area contributed by atoms with Gasteiger partial charge in [0.25, 0.3) is 5.69 Å². The Morgan fingerprint density at radius 3 is 2.36 bits per heavy atom. The van der Waals surface area contributed by atoms with Crippen molar-refractivity contribution < 1.29 is 9.72 Å². The molecule has 124 valence electrons. The van der Waals surface area contributed by atoms with E-state index in [1.54, 1.807) is 12.1 Å². The average Bonchev–Trinajstić information content (AvgIpc) is 2.47. The molecular weight excluding hydrogens is 331 g/mol. The van der Waals surface area contributed by atoms with Crippen molar-refractivity contribution in [3.63, 3.8) is 0 Å². The van der Waals surface area contributed by atoms with Crippen LogP contribution < -0.4 is 10.6 Å². The van der Waals surface area contributed by atoms with E-state index in [9.17, 15) is 14.9 Å². The van der Waals surface area contributed by atoms with Gasteiger partial charge in [0.05, 0.1) is 4.92 Å². The van der Waals surface area contributed by atoms with E-state index in [1.807, 2.05) is 0 Å². The maximum Gasteiger partial charge on any atom is 0.269 e. The summed E-state index contributed by atoms with van der Waals surface area (Å²) in [6.07, 6.45) is 0.428. The van der Waals surface area contributed by atoms with E-state index in [1.165, 1.54) is 12.1 Å². The van der Waals surface area contributed by atoms with Gasteiger partial charge in [0.1, 0.15) is 0 Å². The molecule has 1 aliphatic heterocycles. The van der Waals surface area contributed by atoms with Gasteiger partial charge >= 0.3 is 0 Å². The van der Waals surface area contributed by atoms with Gasteiger partial charge in [-0.1, -0.05) is 0 Å². The van der Waals surface area contributed by atoms with E-state index in [0.717, 1.165) is 32.7 Å². The van der Waals surface area contributed by atoms with Gasteiger partial charge in [-0.25, -0.2) is 0 Å². The molecule has 0 saturated carbocycles. The first-order chi connectivity index (χ1) is 9.65. The number of hydrogen-bond acceptors (Lipinski definition) is 5. The smallest absolute Gasteiger partial charge is 0.269 e. The molecule has 9 heteroatoms. The number of rotatable bonds is 5. The Labute approximate surface area is 141 Å². The highest BCUT2D eigenvalue weighted by atomic mass is 35.5. The molecule has 22 heavy (non-hydrogen) atoms. The Morgan fingerprint density at radius 2 is 1.82 bits per heavy atom. The van der Waals surface area contributed by atoms with Gasteiger partial charge in [-0.05, 0) is 12.1 Å². The highest BCUT2D eigenvalue weighted by molar-refractivity contribution is 5.90. The van der Waals surface area contributed by atoms with Crippen molar-refractivity contribution in [2.75, 3.05) is 38.0 Å². The number of amides is 1. The SMILES string of the molecule is Cl.Cl.O=C(CCN1CCNCC1)Nc1ccc([N+](=O)[O-])cc1. The molecule has 0 atom stereocenters. The lowest BCUT2D eigenvalue weighted by atomic mass is 10.2. The molecule has 2 N–H and O–H groups in total. The zero-order valence-electron chi connectivity index (χ0n) is 12.0. The van der Waals surface area contributed by atoms with Crippen molar-refractivity contribution in [2.45, 2.75) is 6.42 Å². The normalized spacial score (nSPS) is 14.4. The van der Waals surface area contributed by atoms with Crippen molar-refractivity contribution in [1.82, 2.24) is 10.2 Å². The zero-order valence-corrected chi connectivity index (χ0v) is 13.6. The Kier molecular flexibility index (Phi) is 9.68. The lowest BCUT2D eigenvalue weighted by Gasteiger charge is -2.26. The molecule has 2 rings (SSSR count). The summed E-state index contributed by atoms with van der Waals surface area (Å²) in [7, 11) is 0. The summed E-state index contributed by atoms with van der Waals surface area (Å²) in [6.45, 7) is 4.59. The number of carbonyl (C=O) groups is 1. The van der Waals surface area contributed by atoms with Crippen molar-refractivity contribution in [3.05, 3.63) is 34.4 Å². The number of halogens is 2. The first-order valence-corrected chi connectivity index (χ1v) is 6.62. The van der Waals surface area contributed by atoms with Crippen LogP contribution in [0, 0.1) is 10.1 Å². The van der Waals surface area contributed by atoms with E-state index in [0.29, 0.717) is 12.1 Å². The van der Waals surface area contributed by atoms with Crippen LogP contribution in [0.1, 0.15) is 6.42 Å². The van der Waals surface area contributed by atoms with Crippen LogP contribution in [-0.4, -0.2) is 48.5 Å². The second kappa shape index (κ2) is 10.3. The molecule has 1 aromatic carbocycles. The summed E-state index contributed by atoms with van der Waals surface area (Å²) >= 11 is 0. The minimum atomic E-state index is -0.462. The highest BCUT2D eigenvalue weighted by Crippen LogP contribution is 2.15. The van der Waals surface area contributed by atoms with Crippen LogP contribution in [-0.2, 0) is 4.79 Å². The third kappa shape index (κ3) is 6.57. The van der Waals surface area contributed by atoms with E-state index in [4.69, 9.17) is 0 Å². The number of non-ortho nitro benzene ring substituents is 1. The molecule has 1 heterocycles. The number of nitrogens with zero attached hydrogens (tertiary/aromatic N) is 2. The molecule has 1 saturated heterocycles. The standard InChI is InChI=1S/C13H18N4O3.2ClH/c18-13(5-8-16-9-6-14-7-10-16)15-11-1-3-12(4-2-11)17(19)20;;/h1-4,14H,5-10H2,(H,15,18);2*1H. The summed E-state index contributed by atoms with van der Waals surface area (Å²) < 4.78 is 0. The van der Waals surface area contributed by atoms with Crippen LogP contribution in [0.15, 0.2) is 24.3 Å². The fourth-order valence-corrected chi connectivity index (χ4v) is 2.08. The predicted octanol–water partition coefficient (Wildman–Crippen LogP) is 1.67. The maximum atomic E-state index is 11.8. The third-order valence-corrected chi connectivity index (χ3v) is 3.23. The summed E-state index contributed by atoms with van der Waals surface area (Å²) in [6, 6.07) is 5.85. The largest absolute Gasteiger partial charge is 0.326 e. The molecule has 0 bridgehead atoms. The van der Waals surface area contributed by atoms with Crippen LogP contribution in [0.4, 0.5) is 11.4 Å². The van der Waals surface area contributed by atoms with Crippen molar-refractivity contribution >= 4 is 42.1 Å². The molecule has 1 amide bonds. The molecule has 1 aliphatic rings. The van der Waals surface area contributed by atoms with Gasteiger partial charge < -0.3 is 15.5 Å². The average molecular weight is 351 g/mol. The topological polar surface area (TPSA) is 87.5 Å². The van der Waals surface area contributed by atoms with Gasteiger partial charge in [0.15, 0.2) is 0 Å². The number of hydrogen-bond donors (Lipinski definition) is 2. The van der Waals surface area contributed by atoms with Gasteiger partial charge in [-0.15, -0.1) is 24.8 Å². The van der Waals surface area contributed by atoms with Gasteiger partial charge in [-0.3, -0.25) is 14.9 Å². The Hall–Kier alpha value is -1.41. The molecule has 0 spiro atoms. The third-order valence-electron chi connectivity index (χ3n) is 3.23. The van der Waals surface area contributed by atoms with E-state index >= 15 is 0 Å². The molecule has 1 aromatic rings. The quantitative estimate of drug-likeness (QED) is 0.622. The van der Waals surface area contributed by atoms with Crippen LogP contribution in [0.25, 0.3) is 0 Å². The number of nitro groups is 1. The molecule has 7 nitrogen and oxygen atoms in total. The minimum absolute atomic E-state index is 0. The van der Waals surface area contributed by atoms with Crippen molar-refractivity contribution in [1.29, 1.82) is 0 Å². The first-order valence-electron chi connectivity index (χ1n) is 6.62. The van der Waals surface area contributed by atoms with Crippen molar-refractivity contribution in [3.8, 4) is 0 Å². The van der Waals surface area contributed by atoms with Gasteiger partial charge in [0.2, 0.25) is 5.91 Å². The Morgan fingerprint density at radius 1 is 1.23 bits per heavy atom. The number of piperazine rings is 1. The molecule has 0 radical (unpaired) electrons. The van der Waals surface area contributed by atoms with E-state index in [-0.39, 0.29) is 36.4 Å². The molecule has 0 aromatic heterocycles. The summed E-state index contributed by atoms with van der Waals surface area (Å²) in [5.74, 6) is -0.0719. The first kappa shape index (κ1) is 20.6. The fraction of sp³-hybridized carbons (Fsp3) is 0.462. The molecular formula is C13H20Cl2N4O3. The number of benzene rings is 1. The highest BCUT2D eigenvalue weighted by Gasteiger charge is 2.11. The Bertz CT molecular complexity index is 479. The monoisotopic (exact) mass is 350 g/mol. The second-order valence-electron chi connectivity index (χ2n) is 4.69. The molecule has 1 fully saturated rings. The lowest BCUT2D eigenvalue weighted by molar-refractivity contribution is -0.384. The number of anilines is 1. The Balaban J connectivity index is 0.00000220. The van der Waals surface area contributed by atoms with Crippen molar-refractivity contribution in [2.24, 2.45) is 0 Å². The van der Waals surface area contributed by atoms with E-state index < -0.39 is 4.92 Å². The van der Waals surface area contributed by atoms with Crippen LogP contribution in [0.3, 0.4) is 0 Å². The van der Waals surface area contributed by atoms with Crippen LogP contribution >= 0.6 is 24.8 Å². The van der Waals surface area contributed by atoms with E-state index in [2.05, 4.69) is 15.5 Å². The zero-order chi connectivity index (χ0) is 14.4. The van der Waals surface area contributed by atoms with Gasteiger partial charge in [0, 0.05) is 57.0 Å². The second-order valence-corrected chi connectivity index (χ2v) is 4.69. The number of carbonyl (C=O) groups excluding carboxylic acids is 1. The fourth-order valence-electron chi connectivity index (χ4n) is 2.08. The predicted molar refractivity (Wildman–Crippen MR) is 90.1 cm³/mol. The van der Waals surface area contributed by atoms with Crippen LogP contribution in [0.2, 0.25) is 0 Å². The summed E-state index contributed by atoms with van der Waals surface area (Å²) in [5, 5.41) is 16.5. The maximum absolute atomic E-state index is 11.8. The lowest BCUT2D eigenvalue weighted by Crippen LogP contribution is -2.44. The minimum Gasteiger partial charge on any atom is -0.326 e. The number of nitro benzene ring substituents is 1. The number of nitrogens with one attached hydrogen (secondary N) is 2. The van der Waals surface area contributed by atoms with Gasteiger partial charge in [-0.2, -0.15) is 0 Å². The summed E-state index contributed by atoms with van der Waals surface area (Å²) in [4.78, 5) is 24.1.